The number of imide groups is 2. The fraction of sp³-hybridized carbons (Fsp3) is 0.324. The Morgan fingerprint density at radius 2 is 1.76 bits per heavy atom. The van der Waals surface area contributed by atoms with E-state index in [1.807, 2.05) is 0 Å². The lowest BCUT2D eigenvalue weighted by Crippen LogP contribution is -2.53. The molecule has 2 aliphatic carbocycles. The first-order valence-electron chi connectivity index (χ1n) is 15.6. The van der Waals surface area contributed by atoms with Gasteiger partial charge in [-0.1, -0.05) is 59.1 Å². The molecule has 0 bridgehead atoms. The molecule has 3 fully saturated rings. The van der Waals surface area contributed by atoms with Crippen molar-refractivity contribution >= 4 is 52.6 Å². The number of alkyl halides is 3. The van der Waals surface area contributed by atoms with Crippen molar-refractivity contribution in [2.24, 2.45) is 23.7 Å². The maximum atomic E-state index is 15.1. The molecule has 0 spiro atoms. The Bertz CT molecular complexity index is 1990. The summed E-state index contributed by atoms with van der Waals surface area (Å²) in [5, 5.41) is 22.6. The number of phenolic OH excluding ortho intramolecular Hbond substituents is 1. The molecule has 2 aromatic carbocycles. The standard InChI is InChI=1S/C34H27Cl2F3N4O7/c1-2-50-24-5-3-4-20(27(24)44)26-18-10-11-19-25(31(47)43(49)29(19)45)21(18)13-22-30(46)42(32(48)33(22,26)15-6-8-17(35)9-7-15)41-28-23(36)12-16(14-40-28)34(37,38)39/h3-10,12,14,19,21-22,25-26,44,49H,2,11,13H2,1H3,(H,40,41). The van der Waals surface area contributed by atoms with E-state index in [2.05, 4.69) is 10.4 Å². The highest BCUT2D eigenvalue weighted by molar-refractivity contribution is 6.33. The van der Waals surface area contributed by atoms with Crippen LogP contribution < -0.4 is 10.2 Å². The molecule has 16 heteroatoms. The molecule has 11 nitrogen and oxygen atoms in total. The van der Waals surface area contributed by atoms with Gasteiger partial charge in [-0.05, 0) is 55.5 Å². The van der Waals surface area contributed by atoms with Crippen LogP contribution in [0.25, 0.3) is 0 Å². The number of pyridine rings is 1. The molecule has 3 aromatic rings. The number of hydrogen-bond donors (Lipinski definition) is 3. The molecule has 3 heterocycles. The van der Waals surface area contributed by atoms with Crippen LogP contribution in [0.2, 0.25) is 10.0 Å². The molecule has 6 unspecified atom stereocenters. The van der Waals surface area contributed by atoms with Crippen molar-refractivity contribution in [2.45, 2.75) is 37.3 Å². The molecule has 2 aliphatic heterocycles. The van der Waals surface area contributed by atoms with Crippen molar-refractivity contribution in [2.75, 3.05) is 12.0 Å². The van der Waals surface area contributed by atoms with Gasteiger partial charge in [-0.25, -0.2) is 4.98 Å². The maximum absolute atomic E-state index is 15.1. The molecule has 4 aliphatic rings. The second-order valence-electron chi connectivity index (χ2n) is 12.5. The third kappa shape index (κ3) is 4.87. The highest BCUT2D eigenvalue weighted by Crippen LogP contribution is 2.65. The summed E-state index contributed by atoms with van der Waals surface area (Å²) < 4.78 is 45.8. The van der Waals surface area contributed by atoms with E-state index < -0.39 is 81.2 Å². The second-order valence-corrected chi connectivity index (χ2v) is 13.4. The average molecular weight is 732 g/mol. The number of anilines is 1. The van der Waals surface area contributed by atoms with Crippen molar-refractivity contribution < 1.29 is 47.4 Å². The molecule has 3 N–H and O–H groups in total. The quantitative estimate of drug-likeness (QED) is 0.160. The van der Waals surface area contributed by atoms with Gasteiger partial charge in [0.05, 0.1) is 40.4 Å². The molecule has 7 rings (SSSR count). The Morgan fingerprint density at radius 3 is 2.42 bits per heavy atom. The lowest BCUT2D eigenvalue weighted by molar-refractivity contribution is -0.173. The number of hydrazine groups is 1. The summed E-state index contributed by atoms with van der Waals surface area (Å²) in [6.45, 7) is 1.89. The largest absolute Gasteiger partial charge is 0.504 e. The predicted molar refractivity (Wildman–Crippen MR) is 170 cm³/mol. The first-order chi connectivity index (χ1) is 23.7. The summed E-state index contributed by atoms with van der Waals surface area (Å²) in [5.74, 6) is -9.27. The van der Waals surface area contributed by atoms with Gasteiger partial charge in [0.1, 0.15) is 0 Å². The fourth-order valence-electron chi connectivity index (χ4n) is 8.15. The number of nitrogens with zero attached hydrogens (tertiary/aromatic N) is 3. The second kappa shape index (κ2) is 12.0. The monoisotopic (exact) mass is 730 g/mol. The minimum Gasteiger partial charge on any atom is -0.504 e. The number of allylic oxidation sites excluding steroid dienone is 2. The number of rotatable bonds is 6. The third-order valence-corrected chi connectivity index (χ3v) is 10.7. The molecular formula is C34H27Cl2F3N4O7. The summed E-state index contributed by atoms with van der Waals surface area (Å²) in [6.07, 6.45) is -2.68. The van der Waals surface area contributed by atoms with Crippen LogP contribution in [-0.4, -0.2) is 55.6 Å². The van der Waals surface area contributed by atoms with E-state index in [0.29, 0.717) is 33.4 Å². The first-order valence-corrected chi connectivity index (χ1v) is 16.3. The Balaban J connectivity index is 1.46. The zero-order chi connectivity index (χ0) is 35.9. The number of carbonyl (C=O) groups excluding carboxylic acids is 4. The van der Waals surface area contributed by atoms with Crippen LogP contribution in [0.5, 0.6) is 11.5 Å². The summed E-state index contributed by atoms with van der Waals surface area (Å²) in [7, 11) is 0. The highest BCUT2D eigenvalue weighted by Gasteiger charge is 2.70. The number of nitrogens with one attached hydrogen (secondary N) is 1. The van der Waals surface area contributed by atoms with Gasteiger partial charge in [-0.2, -0.15) is 23.2 Å². The van der Waals surface area contributed by atoms with E-state index in [-0.39, 0.29) is 41.6 Å². The number of hydrogen-bond acceptors (Lipinski definition) is 9. The number of ether oxygens (including phenoxy) is 1. The van der Waals surface area contributed by atoms with Gasteiger partial charge in [-0.3, -0.25) is 29.8 Å². The van der Waals surface area contributed by atoms with Crippen LogP contribution in [0.1, 0.15) is 42.4 Å². The Kier molecular flexibility index (Phi) is 8.11. The summed E-state index contributed by atoms with van der Waals surface area (Å²) >= 11 is 12.4. The van der Waals surface area contributed by atoms with Gasteiger partial charge < -0.3 is 9.84 Å². The van der Waals surface area contributed by atoms with Crippen LogP contribution in [0.15, 0.2) is 66.4 Å². The van der Waals surface area contributed by atoms with E-state index in [4.69, 9.17) is 27.9 Å². The molecule has 6 atom stereocenters. The summed E-state index contributed by atoms with van der Waals surface area (Å²) in [4.78, 5) is 59.8. The van der Waals surface area contributed by atoms with Crippen molar-refractivity contribution in [3.05, 3.63) is 93.1 Å². The first kappa shape index (κ1) is 33.8. The minimum absolute atomic E-state index is 0.0249. The van der Waals surface area contributed by atoms with Crippen molar-refractivity contribution in [3.63, 3.8) is 0 Å². The van der Waals surface area contributed by atoms with Gasteiger partial charge in [0.15, 0.2) is 17.3 Å². The molecule has 1 aromatic heterocycles. The normalized spacial score (nSPS) is 27.6. The Labute approximate surface area is 292 Å². The van der Waals surface area contributed by atoms with Gasteiger partial charge in [0.2, 0.25) is 0 Å². The summed E-state index contributed by atoms with van der Waals surface area (Å²) in [6, 6.07) is 11.5. The number of amides is 4. The topological polar surface area (TPSA) is 149 Å². The molecule has 1 saturated carbocycles. The zero-order valence-electron chi connectivity index (χ0n) is 25.9. The number of carbonyl (C=O) groups is 4. The SMILES string of the molecule is CCOc1cccc(C2C3=CCC4C(=O)N(O)C(=O)C4C3CC3C(=O)N(Nc4ncc(C(F)(F)F)cc4Cl)C(=O)C32c2ccc(Cl)cc2)c1O. The molecule has 50 heavy (non-hydrogen) atoms. The van der Waals surface area contributed by atoms with Crippen molar-refractivity contribution in [3.8, 4) is 11.5 Å². The minimum atomic E-state index is -4.77. The Hall–Kier alpha value is -4.66. The summed E-state index contributed by atoms with van der Waals surface area (Å²) in [5.41, 5.74) is 0.505. The molecule has 260 valence electrons. The number of benzene rings is 2. The van der Waals surface area contributed by atoms with Crippen LogP contribution >= 0.6 is 23.2 Å². The number of aromatic nitrogens is 1. The number of fused-ring (bicyclic) bond motifs is 4. The van der Waals surface area contributed by atoms with Crippen LogP contribution in [0, 0.1) is 23.7 Å². The van der Waals surface area contributed by atoms with Crippen LogP contribution in [0.3, 0.4) is 0 Å². The van der Waals surface area contributed by atoms with Crippen LogP contribution in [0.4, 0.5) is 19.0 Å². The lowest BCUT2D eigenvalue weighted by Gasteiger charge is -2.50. The molecular weight excluding hydrogens is 704 g/mol. The zero-order valence-corrected chi connectivity index (χ0v) is 27.5. The third-order valence-electron chi connectivity index (χ3n) is 10.2. The van der Waals surface area contributed by atoms with Crippen molar-refractivity contribution in [1.82, 2.24) is 15.1 Å². The van der Waals surface area contributed by atoms with E-state index in [0.717, 1.165) is 0 Å². The van der Waals surface area contributed by atoms with E-state index >= 15 is 4.79 Å². The number of phenols is 1. The Morgan fingerprint density at radius 1 is 1.04 bits per heavy atom. The van der Waals surface area contributed by atoms with Gasteiger partial charge in [0.25, 0.3) is 23.6 Å². The fourth-order valence-corrected chi connectivity index (χ4v) is 8.49. The number of halogens is 5. The predicted octanol–water partition coefficient (Wildman–Crippen LogP) is 5.89. The number of hydroxylamine groups is 2. The number of aromatic hydroxyl groups is 1. The number of para-hydroxylation sites is 1. The van der Waals surface area contributed by atoms with E-state index in [9.17, 15) is 37.9 Å². The smallest absolute Gasteiger partial charge is 0.417 e. The van der Waals surface area contributed by atoms with E-state index in [1.54, 1.807) is 37.3 Å². The average Bonchev–Trinajstić information content (AvgIpc) is 3.43. The highest BCUT2D eigenvalue weighted by atomic mass is 35.5. The van der Waals surface area contributed by atoms with E-state index in [1.165, 1.54) is 18.2 Å². The van der Waals surface area contributed by atoms with Crippen molar-refractivity contribution in [1.29, 1.82) is 0 Å². The maximum Gasteiger partial charge on any atom is 0.417 e. The molecule has 0 radical (unpaired) electrons. The van der Waals surface area contributed by atoms with Gasteiger partial charge in [0, 0.05) is 22.7 Å². The van der Waals surface area contributed by atoms with Crippen LogP contribution in [-0.2, 0) is 30.8 Å². The molecule has 4 amide bonds. The lowest BCUT2D eigenvalue weighted by atomic mass is 9.49. The van der Waals surface area contributed by atoms with Gasteiger partial charge in [-0.15, -0.1) is 0 Å². The molecule has 2 saturated heterocycles. The van der Waals surface area contributed by atoms with Gasteiger partial charge >= 0.3 is 6.18 Å².